The van der Waals surface area contributed by atoms with Crippen molar-refractivity contribution in [1.29, 1.82) is 0 Å². The van der Waals surface area contributed by atoms with Crippen LogP contribution in [0.25, 0.3) is 16.9 Å². The Balaban J connectivity index is 1.32. The molecule has 0 radical (unpaired) electrons. The average Bonchev–Trinajstić information content (AvgIpc) is 3.40. The Kier molecular flexibility index (Phi) is 8.20. The highest BCUT2D eigenvalue weighted by atomic mass is 35.5. The highest BCUT2D eigenvalue weighted by molar-refractivity contribution is 6.31. The van der Waals surface area contributed by atoms with Gasteiger partial charge in [-0.2, -0.15) is 0 Å². The van der Waals surface area contributed by atoms with Crippen LogP contribution in [0.1, 0.15) is 51.0 Å². The van der Waals surface area contributed by atoms with E-state index in [1.54, 1.807) is 35.4 Å². The lowest BCUT2D eigenvalue weighted by molar-refractivity contribution is -0.128. The van der Waals surface area contributed by atoms with Gasteiger partial charge in [0.1, 0.15) is 6.04 Å². The highest BCUT2D eigenvalue weighted by Crippen LogP contribution is 2.38. The molecule has 2 unspecified atom stereocenters. The van der Waals surface area contributed by atoms with Gasteiger partial charge in [-0.05, 0) is 62.6 Å². The summed E-state index contributed by atoms with van der Waals surface area (Å²) in [5.41, 5.74) is 1.80. The Labute approximate surface area is 243 Å². The smallest absolute Gasteiger partial charge is 0.254 e. The first-order valence-corrected chi connectivity index (χ1v) is 14.9. The van der Waals surface area contributed by atoms with Crippen LogP contribution in [0.3, 0.4) is 0 Å². The summed E-state index contributed by atoms with van der Waals surface area (Å²) in [5.74, 6) is 0.483. The van der Waals surface area contributed by atoms with Crippen LogP contribution >= 0.6 is 23.2 Å². The fourth-order valence-corrected chi connectivity index (χ4v) is 7.04. The molecule has 2 saturated heterocycles. The van der Waals surface area contributed by atoms with E-state index in [1.165, 1.54) is 0 Å². The summed E-state index contributed by atoms with van der Waals surface area (Å²) >= 11 is 12.3. The van der Waals surface area contributed by atoms with Crippen LogP contribution in [-0.4, -0.2) is 73.6 Å². The molecular weight excluding hydrogens is 551 g/mol. The molecule has 2 aliphatic heterocycles. The standard InChI is InChI=1S/C28H34Cl2N8O2/c29-19-7-8-24(38-16-26(30)34-35-38)21(13-19)22-14-27(39)37(17-33-22)23-6-1-2-9-32-28(40)25-15-31-10-11-36(25)20-5-3-4-18(23)12-20/h7-8,13-14,16-18,20,23,25,31H,1-6,9-12,15H2,(H,32,40)/t18?,20?,23-,25+/m0/s1. The maximum absolute atomic E-state index is 13.7. The van der Waals surface area contributed by atoms with Crippen molar-refractivity contribution in [2.75, 3.05) is 26.2 Å². The predicted octanol–water partition coefficient (Wildman–Crippen LogP) is 3.47. The Morgan fingerprint density at radius 2 is 1.90 bits per heavy atom. The number of piperazine rings is 1. The number of hydrogen-bond acceptors (Lipinski definition) is 7. The maximum atomic E-state index is 13.7. The summed E-state index contributed by atoms with van der Waals surface area (Å²) in [7, 11) is 0. The van der Waals surface area contributed by atoms with Crippen molar-refractivity contribution >= 4 is 29.1 Å². The molecule has 3 aromatic rings. The molecule has 40 heavy (non-hydrogen) atoms. The van der Waals surface area contributed by atoms with Gasteiger partial charge in [0.2, 0.25) is 5.91 Å². The van der Waals surface area contributed by atoms with E-state index in [0.29, 0.717) is 47.0 Å². The molecule has 3 aliphatic rings. The summed E-state index contributed by atoms with van der Waals surface area (Å²) in [5, 5.41) is 15.3. The van der Waals surface area contributed by atoms with Gasteiger partial charge < -0.3 is 10.6 Å². The summed E-state index contributed by atoms with van der Waals surface area (Å²) in [4.78, 5) is 33.9. The number of fused-ring (bicyclic) bond motifs is 4. The molecule has 12 heteroatoms. The van der Waals surface area contributed by atoms with Crippen molar-refractivity contribution in [3.63, 3.8) is 0 Å². The topological polar surface area (TPSA) is 110 Å². The Morgan fingerprint density at radius 3 is 2.73 bits per heavy atom. The van der Waals surface area contributed by atoms with E-state index in [0.717, 1.165) is 58.0 Å². The maximum Gasteiger partial charge on any atom is 0.254 e. The summed E-state index contributed by atoms with van der Waals surface area (Å²) in [6, 6.07) is 7.20. The third-order valence-corrected chi connectivity index (χ3v) is 9.06. The molecule has 3 fully saturated rings. The summed E-state index contributed by atoms with van der Waals surface area (Å²) in [6.07, 6.45) is 10.2. The van der Waals surface area contributed by atoms with E-state index in [2.05, 4.69) is 25.8 Å². The molecule has 2 aromatic heterocycles. The van der Waals surface area contributed by atoms with Gasteiger partial charge in [-0.25, -0.2) is 9.67 Å². The third-order valence-electron chi connectivity index (χ3n) is 8.65. The van der Waals surface area contributed by atoms with Crippen molar-refractivity contribution in [1.82, 2.24) is 40.1 Å². The first-order valence-electron chi connectivity index (χ1n) is 14.2. The van der Waals surface area contributed by atoms with Crippen molar-refractivity contribution in [3.8, 4) is 16.9 Å². The molecule has 2 bridgehead atoms. The molecule has 1 amide bonds. The van der Waals surface area contributed by atoms with E-state index >= 15 is 0 Å². The zero-order chi connectivity index (χ0) is 27.6. The third kappa shape index (κ3) is 5.68. The molecule has 1 aromatic carbocycles. The number of amides is 1. The molecule has 4 atom stereocenters. The van der Waals surface area contributed by atoms with Crippen LogP contribution in [0.15, 0.2) is 41.6 Å². The van der Waals surface area contributed by atoms with Gasteiger partial charge >= 0.3 is 0 Å². The zero-order valence-electron chi connectivity index (χ0n) is 22.3. The minimum atomic E-state index is -0.134. The molecule has 1 aliphatic carbocycles. The largest absolute Gasteiger partial charge is 0.355 e. The quantitative estimate of drug-likeness (QED) is 0.485. The van der Waals surface area contributed by atoms with E-state index in [-0.39, 0.29) is 28.7 Å². The van der Waals surface area contributed by atoms with E-state index < -0.39 is 0 Å². The van der Waals surface area contributed by atoms with Crippen molar-refractivity contribution in [3.05, 3.63) is 57.3 Å². The molecule has 212 valence electrons. The zero-order valence-corrected chi connectivity index (χ0v) is 23.8. The monoisotopic (exact) mass is 584 g/mol. The average molecular weight is 586 g/mol. The SMILES string of the molecule is O=C1NCCCC[C@H](n2cnc(-c3cc(Cl)ccc3-n3cc(Cl)nn3)cc2=O)C2CCCC(C2)N2CCNC[C@H]12. The predicted molar refractivity (Wildman–Crippen MR) is 154 cm³/mol. The van der Waals surface area contributed by atoms with Crippen LogP contribution < -0.4 is 16.2 Å². The fraction of sp³-hybridized carbons (Fsp3) is 0.536. The summed E-state index contributed by atoms with van der Waals surface area (Å²) < 4.78 is 3.39. The molecule has 2 N–H and O–H groups in total. The Hall–Kier alpha value is -2.79. The second-order valence-electron chi connectivity index (χ2n) is 11.1. The number of nitrogens with zero attached hydrogens (tertiary/aromatic N) is 6. The second kappa shape index (κ2) is 12.0. The van der Waals surface area contributed by atoms with E-state index in [4.69, 9.17) is 28.2 Å². The van der Waals surface area contributed by atoms with Gasteiger partial charge in [-0.3, -0.25) is 19.1 Å². The lowest BCUT2D eigenvalue weighted by atomic mass is 9.78. The van der Waals surface area contributed by atoms with Gasteiger partial charge in [-0.15, -0.1) is 5.10 Å². The Morgan fingerprint density at radius 1 is 1.00 bits per heavy atom. The number of halogens is 2. The molecule has 1 saturated carbocycles. The van der Waals surface area contributed by atoms with Gasteiger partial charge in [0.05, 0.1) is 23.9 Å². The van der Waals surface area contributed by atoms with Crippen LogP contribution in [0.2, 0.25) is 10.2 Å². The molecule has 4 heterocycles. The molecular formula is C28H34Cl2N8O2. The minimum absolute atomic E-state index is 0.0568. The number of nitrogens with one attached hydrogen (secondary N) is 2. The van der Waals surface area contributed by atoms with Gasteiger partial charge in [0, 0.05) is 54.9 Å². The van der Waals surface area contributed by atoms with Crippen LogP contribution in [0, 0.1) is 5.92 Å². The summed E-state index contributed by atoms with van der Waals surface area (Å²) in [6.45, 7) is 3.11. The van der Waals surface area contributed by atoms with E-state index in [1.807, 2.05) is 10.6 Å². The van der Waals surface area contributed by atoms with Crippen molar-refractivity contribution in [2.24, 2.45) is 5.92 Å². The first-order chi connectivity index (χ1) is 19.5. The second-order valence-corrected chi connectivity index (χ2v) is 11.9. The van der Waals surface area contributed by atoms with E-state index in [9.17, 15) is 9.59 Å². The molecule has 10 nitrogen and oxygen atoms in total. The molecule has 6 rings (SSSR count). The van der Waals surface area contributed by atoms with Gasteiger partial charge in [0.15, 0.2) is 5.15 Å². The fourth-order valence-electron chi connectivity index (χ4n) is 6.74. The van der Waals surface area contributed by atoms with Gasteiger partial charge in [0.25, 0.3) is 5.56 Å². The van der Waals surface area contributed by atoms with Crippen molar-refractivity contribution in [2.45, 2.75) is 63.1 Å². The van der Waals surface area contributed by atoms with Gasteiger partial charge in [-0.1, -0.05) is 34.8 Å². The van der Waals surface area contributed by atoms with Crippen molar-refractivity contribution < 1.29 is 4.79 Å². The number of hydrogen-bond donors (Lipinski definition) is 2. The Bertz CT molecular complexity index is 1430. The number of rotatable bonds is 3. The highest BCUT2D eigenvalue weighted by Gasteiger charge is 2.38. The minimum Gasteiger partial charge on any atom is -0.355 e. The lowest BCUT2D eigenvalue weighted by Crippen LogP contribution is -2.61. The van der Waals surface area contributed by atoms with Crippen LogP contribution in [0.5, 0.6) is 0 Å². The number of carbonyl (C=O) groups excluding carboxylic acids is 1. The first kappa shape index (κ1) is 27.4. The molecule has 0 spiro atoms. The number of carbonyl (C=O) groups is 1. The van der Waals surface area contributed by atoms with Crippen LogP contribution in [-0.2, 0) is 4.79 Å². The van der Waals surface area contributed by atoms with Crippen LogP contribution in [0.4, 0.5) is 0 Å². The lowest BCUT2D eigenvalue weighted by Gasteiger charge is -2.45. The number of benzene rings is 1. The number of aromatic nitrogens is 5. The normalized spacial score (nSPS) is 26.3.